The summed E-state index contributed by atoms with van der Waals surface area (Å²) in [5.74, 6) is 0.301. The minimum atomic E-state index is -0.540. The number of rotatable bonds is 7. The number of piperazine rings is 1. The van der Waals surface area contributed by atoms with Crippen LogP contribution >= 0.6 is 11.3 Å². The maximum absolute atomic E-state index is 14.5. The van der Waals surface area contributed by atoms with Gasteiger partial charge in [-0.1, -0.05) is 30.3 Å². The molecule has 196 valence electrons. The number of nitrogens with one attached hydrogen (secondary N) is 3. The Bertz CT molecular complexity index is 1400. The molecule has 1 aliphatic rings. The number of carbonyl (C=O) groups is 1. The molecule has 3 heterocycles. The van der Waals surface area contributed by atoms with E-state index in [1.54, 1.807) is 31.4 Å². The third-order valence-electron chi connectivity index (χ3n) is 6.16. The van der Waals surface area contributed by atoms with E-state index in [4.69, 9.17) is 4.74 Å². The summed E-state index contributed by atoms with van der Waals surface area (Å²) in [6.45, 7) is 5.68. The Kier molecular flexibility index (Phi) is 7.52. The Morgan fingerprint density at radius 2 is 1.76 bits per heavy atom. The molecule has 38 heavy (non-hydrogen) atoms. The summed E-state index contributed by atoms with van der Waals surface area (Å²) < 4.78 is 20.0. The van der Waals surface area contributed by atoms with E-state index in [-0.39, 0.29) is 23.8 Å². The predicted molar refractivity (Wildman–Crippen MR) is 150 cm³/mol. The van der Waals surface area contributed by atoms with Crippen molar-refractivity contribution >= 4 is 40.4 Å². The number of ether oxygens (including phenoxy) is 1. The van der Waals surface area contributed by atoms with Gasteiger partial charge in [0, 0.05) is 41.4 Å². The van der Waals surface area contributed by atoms with E-state index in [2.05, 4.69) is 44.7 Å². The van der Waals surface area contributed by atoms with Crippen molar-refractivity contribution in [2.75, 3.05) is 35.7 Å². The molecule has 2 aromatic heterocycles. The standard InChI is InChI=1S/C28H29FN6O2S/c1-17-15-35(16-18(2)31-17)28-30-14-22(29)26(34-28)32-20-9-11-21(12-10-20)33-27(36)25-23(37-3)13-24(38-25)19-7-5-4-6-8-19/h4-14,17-18,31H,15-16H2,1-3H3,(H,33,36)(H,30,32,34)/t17-,18+. The van der Waals surface area contributed by atoms with E-state index in [1.165, 1.54) is 17.5 Å². The van der Waals surface area contributed by atoms with Crippen molar-refractivity contribution in [2.24, 2.45) is 0 Å². The Morgan fingerprint density at radius 3 is 2.45 bits per heavy atom. The second kappa shape index (κ2) is 11.2. The highest BCUT2D eigenvalue weighted by atomic mass is 32.1. The van der Waals surface area contributed by atoms with E-state index < -0.39 is 5.82 Å². The largest absolute Gasteiger partial charge is 0.495 e. The Hall–Kier alpha value is -4.02. The first-order valence-electron chi connectivity index (χ1n) is 12.3. The lowest BCUT2D eigenvalue weighted by Crippen LogP contribution is -2.54. The molecule has 1 amide bonds. The molecule has 0 saturated carbocycles. The number of hydrogen-bond donors (Lipinski definition) is 3. The minimum absolute atomic E-state index is 0.0994. The van der Waals surface area contributed by atoms with Crippen LogP contribution in [0.5, 0.6) is 5.75 Å². The van der Waals surface area contributed by atoms with Crippen LogP contribution in [-0.2, 0) is 0 Å². The fourth-order valence-electron chi connectivity index (χ4n) is 4.48. The molecular formula is C28H29FN6O2S. The van der Waals surface area contributed by atoms with Gasteiger partial charge >= 0.3 is 0 Å². The first kappa shape index (κ1) is 25.6. The third-order valence-corrected chi connectivity index (χ3v) is 7.32. The molecule has 0 unspecified atom stereocenters. The van der Waals surface area contributed by atoms with Gasteiger partial charge in [0.25, 0.3) is 5.91 Å². The Labute approximate surface area is 224 Å². The van der Waals surface area contributed by atoms with Crippen LogP contribution in [-0.4, -0.2) is 48.2 Å². The average Bonchev–Trinajstić information content (AvgIpc) is 3.36. The number of nitrogens with zero attached hydrogens (tertiary/aromatic N) is 3. The van der Waals surface area contributed by atoms with Crippen LogP contribution in [0.15, 0.2) is 66.9 Å². The zero-order valence-electron chi connectivity index (χ0n) is 21.4. The fourth-order valence-corrected chi connectivity index (χ4v) is 5.50. The van der Waals surface area contributed by atoms with Crippen LogP contribution in [0.1, 0.15) is 23.5 Å². The van der Waals surface area contributed by atoms with Gasteiger partial charge in [-0.3, -0.25) is 4.79 Å². The lowest BCUT2D eigenvalue weighted by Gasteiger charge is -2.36. The molecule has 3 N–H and O–H groups in total. The second-order valence-electron chi connectivity index (χ2n) is 9.27. The van der Waals surface area contributed by atoms with Gasteiger partial charge in [-0.2, -0.15) is 4.98 Å². The van der Waals surface area contributed by atoms with E-state index in [0.29, 0.717) is 27.9 Å². The van der Waals surface area contributed by atoms with Crippen molar-refractivity contribution in [1.82, 2.24) is 15.3 Å². The molecule has 1 saturated heterocycles. The van der Waals surface area contributed by atoms with Gasteiger partial charge in [0.2, 0.25) is 5.95 Å². The first-order valence-corrected chi connectivity index (χ1v) is 13.2. The number of benzene rings is 2. The van der Waals surface area contributed by atoms with Crippen molar-refractivity contribution in [3.63, 3.8) is 0 Å². The third kappa shape index (κ3) is 5.76. The monoisotopic (exact) mass is 532 g/mol. The average molecular weight is 533 g/mol. The SMILES string of the molecule is COc1cc(-c2ccccc2)sc1C(=O)Nc1ccc(Nc2nc(N3C[C@@H](C)N[C@@H](C)C3)ncc2F)cc1. The molecule has 0 aliphatic carbocycles. The number of hydrogen-bond acceptors (Lipinski definition) is 8. The molecule has 5 rings (SSSR count). The molecule has 0 radical (unpaired) electrons. The smallest absolute Gasteiger partial charge is 0.269 e. The van der Waals surface area contributed by atoms with Crippen LogP contribution in [0.4, 0.5) is 27.5 Å². The van der Waals surface area contributed by atoms with Crippen LogP contribution in [0.2, 0.25) is 0 Å². The van der Waals surface area contributed by atoms with Gasteiger partial charge in [0.1, 0.15) is 10.6 Å². The number of halogens is 1. The van der Waals surface area contributed by atoms with Gasteiger partial charge in [0.15, 0.2) is 11.6 Å². The summed E-state index contributed by atoms with van der Waals surface area (Å²) in [5, 5.41) is 9.40. The van der Waals surface area contributed by atoms with Gasteiger partial charge in [0.05, 0.1) is 13.3 Å². The Morgan fingerprint density at radius 1 is 1.08 bits per heavy atom. The van der Waals surface area contributed by atoms with Gasteiger partial charge in [-0.15, -0.1) is 11.3 Å². The van der Waals surface area contributed by atoms with Crippen molar-refractivity contribution in [3.05, 3.63) is 77.6 Å². The van der Waals surface area contributed by atoms with Crippen LogP contribution in [0.3, 0.4) is 0 Å². The van der Waals surface area contributed by atoms with Crippen molar-refractivity contribution in [1.29, 1.82) is 0 Å². The minimum Gasteiger partial charge on any atom is -0.495 e. The highest BCUT2D eigenvalue weighted by molar-refractivity contribution is 7.17. The van der Waals surface area contributed by atoms with E-state index in [0.717, 1.165) is 23.5 Å². The van der Waals surface area contributed by atoms with Crippen molar-refractivity contribution in [3.8, 4) is 16.2 Å². The van der Waals surface area contributed by atoms with Crippen LogP contribution in [0, 0.1) is 5.82 Å². The quantitative estimate of drug-likeness (QED) is 0.288. The van der Waals surface area contributed by atoms with E-state index in [1.807, 2.05) is 36.4 Å². The molecule has 1 aliphatic heterocycles. The highest BCUT2D eigenvalue weighted by Gasteiger charge is 2.24. The number of anilines is 4. The Balaban J connectivity index is 1.27. The van der Waals surface area contributed by atoms with Gasteiger partial charge < -0.3 is 25.6 Å². The molecule has 10 heteroatoms. The van der Waals surface area contributed by atoms with Gasteiger partial charge in [-0.25, -0.2) is 9.37 Å². The highest BCUT2D eigenvalue weighted by Crippen LogP contribution is 2.36. The van der Waals surface area contributed by atoms with Crippen molar-refractivity contribution < 1.29 is 13.9 Å². The molecular weight excluding hydrogens is 503 g/mol. The number of thiophene rings is 1. The molecule has 1 fully saturated rings. The summed E-state index contributed by atoms with van der Waals surface area (Å²) in [6.07, 6.45) is 1.19. The molecule has 2 aromatic carbocycles. The number of carbonyl (C=O) groups excluding carboxylic acids is 1. The number of aromatic nitrogens is 2. The zero-order valence-corrected chi connectivity index (χ0v) is 22.2. The topological polar surface area (TPSA) is 91.4 Å². The molecule has 8 nitrogen and oxygen atoms in total. The summed E-state index contributed by atoms with van der Waals surface area (Å²) in [7, 11) is 1.55. The normalized spacial score (nSPS) is 17.2. The number of methoxy groups -OCH3 is 1. The number of amides is 1. The molecule has 2 atom stereocenters. The van der Waals surface area contributed by atoms with Crippen LogP contribution < -0.4 is 25.6 Å². The maximum atomic E-state index is 14.5. The first-order chi connectivity index (χ1) is 18.4. The summed E-state index contributed by atoms with van der Waals surface area (Å²) in [6, 6.07) is 19.3. The molecule has 4 aromatic rings. The van der Waals surface area contributed by atoms with Crippen molar-refractivity contribution in [2.45, 2.75) is 25.9 Å². The summed E-state index contributed by atoms with van der Waals surface area (Å²) in [5.41, 5.74) is 2.25. The summed E-state index contributed by atoms with van der Waals surface area (Å²) >= 11 is 1.37. The van der Waals surface area contributed by atoms with E-state index >= 15 is 0 Å². The van der Waals surface area contributed by atoms with Crippen LogP contribution in [0.25, 0.3) is 10.4 Å². The predicted octanol–water partition coefficient (Wildman–Crippen LogP) is 5.54. The molecule has 0 spiro atoms. The fraction of sp³-hybridized carbons (Fsp3) is 0.250. The summed E-state index contributed by atoms with van der Waals surface area (Å²) in [4.78, 5) is 25.1. The lowest BCUT2D eigenvalue weighted by atomic mass is 10.1. The molecule has 0 bridgehead atoms. The van der Waals surface area contributed by atoms with E-state index in [9.17, 15) is 9.18 Å². The zero-order chi connectivity index (χ0) is 26.6. The second-order valence-corrected chi connectivity index (χ2v) is 10.3. The lowest BCUT2D eigenvalue weighted by molar-refractivity contribution is 0.102. The maximum Gasteiger partial charge on any atom is 0.269 e. The van der Waals surface area contributed by atoms with Gasteiger partial charge in [-0.05, 0) is 49.7 Å².